The van der Waals surface area contributed by atoms with Gasteiger partial charge in [0.05, 0.1) is 6.04 Å². The van der Waals surface area contributed by atoms with Crippen LogP contribution in [-0.2, 0) is 4.79 Å². The topological polar surface area (TPSA) is 32.3 Å². The largest absolute Gasteiger partial charge is 0.351 e. The summed E-state index contributed by atoms with van der Waals surface area (Å²) >= 11 is 0. The lowest BCUT2D eigenvalue weighted by Crippen LogP contribution is -2.37. The lowest BCUT2D eigenvalue weighted by molar-refractivity contribution is -0.116. The molecule has 0 aromatic heterocycles. The molecule has 0 radical (unpaired) electrons. The summed E-state index contributed by atoms with van der Waals surface area (Å²) in [6.07, 6.45) is 3.17. The van der Waals surface area contributed by atoms with Gasteiger partial charge in [-0.3, -0.25) is 9.69 Å². The molecule has 0 aliphatic carbocycles. The van der Waals surface area contributed by atoms with Gasteiger partial charge in [-0.05, 0) is 42.4 Å². The molecular formula is C21H25FN2O. The molecular weight excluding hydrogens is 315 g/mol. The number of likely N-dealkylation sites (N-methyl/N-ethyl adjacent to an activating group) is 1. The predicted molar refractivity (Wildman–Crippen MR) is 101 cm³/mol. The third kappa shape index (κ3) is 5.84. The second kappa shape index (κ2) is 9.74. The van der Waals surface area contributed by atoms with E-state index in [1.807, 2.05) is 18.2 Å². The molecule has 2 rings (SSSR count). The van der Waals surface area contributed by atoms with Crippen LogP contribution in [0.25, 0.3) is 6.08 Å². The summed E-state index contributed by atoms with van der Waals surface area (Å²) in [4.78, 5) is 14.4. The monoisotopic (exact) mass is 340 g/mol. The zero-order valence-electron chi connectivity index (χ0n) is 14.8. The summed E-state index contributed by atoms with van der Waals surface area (Å²) in [5.41, 5.74) is 1.98. The van der Waals surface area contributed by atoms with Crippen LogP contribution in [0.3, 0.4) is 0 Å². The highest BCUT2D eigenvalue weighted by Gasteiger charge is 2.17. The molecule has 0 fully saturated rings. The first kappa shape index (κ1) is 18.9. The van der Waals surface area contributed by atoms with E-state index in [4.69, 9.17) is 0 Å². The van der Waals surface area contributed by atoms with Gasteiger partial charge >= 0.3 is 0 Å². The lowest BCUT2D eigenvalue weighted by atomic mass is 10.1. The van der Waals surface area contributed by atoms with E-state index in [-0.39, 0.29) is 17.8 Å². The number of carbonyl (C=O) groups excluding carboxylic acids is 1. The number of amides is 1. The van der Waals surface area contributed by atoms with Gasteiger partial charge in [-0.1, -0.05) is 56.3 Å². The number of carbonyl (C=O) groups is 1. The first-order valence-electron chi connectivity index (χ1n) is 8.64. The smallest absolute Gasteiger partial charge is 0.244 e. The number of rotatable bonds is 8. The van der Waals surface area contributed by atoms with E-state index in [1.165, 1.54) is 23.8 Å². The molecule has 2 aromatic rings. The number of nitrogens with zero attached hydrogens (tertiary/aromatic N) is 1. The second-order valence-corrected chi connectivity index (χ2v) is 5.78. The zero-order chi connectivity index (χ0) is 18.1. The third-order valence-electron chi connectivity index (χ3n) is 4.20. The van der Waals surface area contributed by atoms with E-state index in [9.17, 15) is 9.18 Å². The van der Waals surface area contributed by atoms with Crippen LogP contribution in [-0.4, -0.2) is 30.4 Å². The predicted octanol–water partition coefficient (Wildman–Crippen LogP) is 4.04. The molecule has 1 unspecified atom stereocenters. The van der Waals surface area contributed by atoms with Crippen LogP contribution in [0, 0.1) is 5.82 Å². The number of halogens is 1. The summed E-state index contributed by atoms with van der Waals surface area (Å²) in [5.74, 6) is -0.441. The number of benzene rings is 2. The van der Waals surface area contributed by atoms with Gasteiger partial charge in [-0.15, -0.1) is 0 Å². The van der Waals surface area contributed by atoms with Gasteiger partial charge < -0.3 is 5.32 Å². The first-order chi connectivity index (χ1) is 12.1. The SMILES string of the molecule is CCN(CC)C(CNC(=O)/C=C/c1ccc(F)cc1)c1ccccc1. The molecule has 0 aliphatic heterocycles. The Labute approximate surface area is 149 Å². The van der Waals surface area contributed by atoms with Crippen LogP contribution in [0.2, 0.25) is 0 Å². The summed E-state index contributed by atoms with van der Waals surface area (Å²) in [6, 6.07) is 16.4. The van der Waals surface area contributed by atoms with Crippen molar-refractivity contribution in [3.05, 3.63) is 77.6 Å². The zero-order valence-corrected chi connectivity index (χ0v) is 14.8. The van der Waals surface area contributed by atoms with E-state index in [1.54, 1.807) is 18.2 Å². The van der Waals surface area contributed by atoms with Crippen LogP contribution in [0.4, 0.5) is 4.39 Å². The number of nitrogens with one attached hydrogen (secondary N) is 1. The highest BCUT2D eigenvalue weighted by atomic mass is 19.1. The Kier molecular flexibility index (Phi) is 7.36. The number of hydrogen-bond donors (Lipinski definition) is 1. The normalized spacial score (nSPS) is 12.5. The molecule has 4 heteroatoms. The van der Waals surface area contributed by atoms with E-state index in [0.717, 1.165) is 18.7 Å². The fourth-order valence-electron chi connectivity index (χ4n) is 2.80. The van der Waals surface area contributed by atoms with Crippen molar-refractivity contribution in [1.82, 2.24) is 10.2 Å². The fraction of sp³-hybridized carbons (Fsp3) is 0.286. The van der Waals surface area contributed by atoms with Gasteiger partial charge in [-0.25, -0.2) is 4.39 Å². The minimum absolute atomic E-state index is 0.138. The molecule has 132 valence electrons. The molecule has 2 aromatic carbocycles. The maximum atomic E-state index is 12.9. The number of hydrogen-bond acceptors (Lipinski definition) is 2. The molecule has 0 aliphatic rings. The maximum Gasteiger partial charge on any atom is 0.244 e. The van der Waals surface area contributed by atoms with Crippen LogP contribution in [0.15, 0.2) is 60.7 Å². The van der Waals surface area contributed by atoms with Crippen molar-refractivity contribution in [3.63, 3.8) is 0 Å². The van der Waals surface area contributed by atoms with Gasteiger partial charge in [0.15, 0.2) is 0 Å². The molecule has 1 atom stereocenters. The average Bonchev–Trinajstić information content (AvgIpc) is 2.65. The molecule has 0 saturated carbocycles. The van der Waals surface area contributed by atoms with Crippen molar-refractivity contribution >= 4 is 12.0 Å². The summed E-state index contributed by atoms with van der Waals surface area (Å²) in [7, 11) is 0. The molecule has 1 amide bonds. The summed E-state index contributed by atoms with van der Waals surface area (Å²) in [6.45, 7) is 6.61. The van der Waals surface area contributed by atoms with Crippen LogP contribution in [0.5, 0.6) is 0 Å². The molecule has 0 heterocycles. The minimum atomic E-state index is -0.286. The van der Waals surface area contributed by atoms with Crippen LogP contribution in [0.1, 0.15) is 31.0 Å². The van der Waals surface area contributed by atoms with Gasteiger partial charge in [-0.2, -0.15) is 0 Å². The molecule has 1 N–H and O–H groups in total. The molecule has 25 heavy (non-hydrogen) atoms. The Morgan fingerprint density at radius 2 is 1.72 bits per heavy atom. The van der Waals surface area contributed by atoms with Crippen molar-refractivity contribution in [2.24, 2.45) is 0 Å². The highest BCUT2D eigenvalue weighted by Crippen LogP contribution is 2.19. The Balaban J connectivity index is 1.99. The van der Waals surface area contributed by atoms with E-state index >= 15 is 0 Å². The Hall–Kier alpha value is -2.46. The second-order valence-electron chi connectivity index (χ2n) is 5.78. The Morgan fingerprint density at radius 3 is 2.32 bits per heavy atom. The van der Waals surface area contributed by atoms with Crippen molar-refractivity contribution in [3.8, 4) is 0 Å². The van der Waals surface area contributed by atoms with Gasteiger partial charge in [0.25, 0.3) is 0 Å². The standard InChI is InChI=1S/C21H25FN2O/c1-3-24(4-2)20(18-8-6-5-7-9-18)16-23-21(25)15-12-17-10-13-19(22)14-11-17/h5-15,20H,3-4,16H2,1-2H3,(H,23,25)/b15-12+. The van der Waals surface area contributed by atoms with Gasteiger partial charge in [0, 0.05) is 12.6 Å². The maximum absolute atomic E-state index is 12.9. The van der Waals surface area contributed by atoms with Crippen LogP contribution >= 0.6 is 0 Å². The first-order valence-corrected chi connectivity index (χ1v) is 8.64. The van der Waals surface area contributed by atoms with Crippen molar-refractivity contribution in [2.45, 2.75) is 19.9 Å². The lowest BCUT2D eigenvalue weighted by Gasteiger charge is -2.30. The minimum Gasteiger partial charge on any atom is -0.351 e. The highest BCUT2D eigenvalue weighted by molar-refractivity contribution is 5.91. The Bertz CT molecular complexity index is 679. The molecule has 0 saturated heterocycles. The quantitative estimate of drug-likeness (QED) is 0.736. The summed E-state index contributed by atoms with van der Waals surface area (Å²) in [5, 5.41) is 2.97. The molecule has 0 bridgehead atoms. The van der Waals surface area contributed by atoms with Gasteiger partial charge in [0.2, 0.25) is 5.91 Å². The average molecular weight is 340 g/mol. The van der Waals surface area contributed by atoms with Crippen molar-refractivity contribution < 1.29 is 9.18 Å². The van der Waals surface area contributed by atoms with Crippen molar-refractivity contribution in [1.29, 1.82) is 0 Å². The molecule has 3 nitrogen and oxygen atoms in total. The van der Waals surface area contributed by atoms with E-state index in [0.29, 0.717) is 6.54 Å². The van der Waals surface area contributed by atoms with Crippen LogP contribution < -0.4 is 5.32 Å². The molecule has 0 spiro atoms. The fourth-order valence-corrected chi connectivity index (χ4v) is 2.80. The summed E-state index contributed by atoms with van der Waals surface area (Å²) < 4.78 is 12.9. The van der Waals surface area contributed by atoms with E-state index < -0.39 is 0 Å². The third-order valence-corrected chi connectivity index (χ3v) is 4.20. The van der Waals surface area contributed by atoms with Crippen molar-refractivity contribution in [2.75, 3.05) is 19.6 Å². The van der Waals surface area contributed by atoms with E-state index in [2.05, 4.69) is 36.2 Å². The van der Waals surface area contributed by atoms with Gasteiger partial charge in [0.1, 0.15) is 5.82 Å². The Morgan fingerprint density at radius 1 is 1.08 bits per heavy atom.